The van der Waals surface area contributed by atoms with Crippen LogP contribution < -0.4 is 0 Å². The number of benzene rings is 5. The summed E-state index contributed by atoms with van der Waals surface area (Å²) in [5, 5.41) is 7.33. The maximum absolute atomic E-state index is 13.0. The summed E-state index contributed by atoms with van der Waals surface area (Å²) < 4.78 is 28.4. The second kappa shape index (κ2) is 7.35. The first-order valence-electron chi connectivity index (χ1n) is 12.8. The molecular formula is C34H19NO2S2. The molecule has 0 bridgehead atoms. The van der Waals surface area contributed by atoms with Crippen molar-refractivity contribution in [3.8, 4) is 33.4 Å². The van der Waals surface area contributed by atoms with Gasteiger partial charge in [-0.2, -0.15) is 0 Å². The minimum atomic E-state index is -3.46. The van der Waals surface area contributed by atoms with Gasteiger partial charge in [0.25, 0.3) is 0 Å². The van der Waals surface area contributed by atoms with E-state index in [0.717, 1.165) is 27.8 Å². The van der Waals surface area contributed by atoms with Crippen molar-refractivity contribution in [3.63, 3.8) is 0 Å². The van der Waals surface area contributed by atoms with E-state index >= 15 is 0 Å². The third-order valence-electron chi connectivity index (χ3n) is 8.19. The van der Waals surface area contributed by atoms with Crippen LogP contribution in [0.4, 0.5) is 0 Å². The van der Waals surface area contributed by atoms with Gasteiger partial charge in [0.05, 0.1) is 20.8 Å². The molecule has 0 saturated carbocycles. The van der Waals surface area contributed by atoms with Crippen LogP contribution in [0.25, 0.3) is 70.8 Å². The molecule has 0 unspecified atom stereocenters. The van der Waals surface area contributed by atoms with Gasteiger partial charge in [-0.15, -0.1) is 11.3 Å². The minimum Gasteiger partial charge on any atom is -0.300 e. The summed E-state index contributed by atoms with van der Waals surface area (Å²) >= 11 is 1.79. The molecule has 0 spiro atoms. The molecule has 184 valence electrons. The van der Waals surface area contributed by atoms with Crippen molar-refractivity contribution in [3.05, 3.63) is 115 Å². The Morgan fingerprint density at radius 1 is 0.538 bits per heavy atom. The number of sulfone groups is 1. The molecule has 0 atom stereocenters. The van der Waals surface area contributed by atoms with Crippen LogP contribution in [0.1, 0.15) is 0 Å². The predicted octanol–water partition coefficient (Wildman–Crippen LogP) is 9.05. The van der Waals surface area contributed by atoms with Gasteiger partial charge in [0.1, 0.15) is 4.83 Å². The zero-order valence-electron chi connectivity index (χ0n) is 20.5. The number of rotatable bonds is 2. The topological polar surface area (TPSA) is 38.5 Å². The van der Waals surface area contributed by atoms with E-state index in [1.54, 1.807) is 29.5 Å². The van der Waals surface area contributed by atoms with Crippen LogP contribution in [0, 0.1) is 0 Å². The van der Waals surface area contributed by atoms with E-state index in [-0.39, 0.29) is 0 Å². The molecule has 0 radical (unpaired) electrons. The van der Waals surface area contributed by atoms with Crippen LogP contribution in [-0.2, 0) is 9.84 Å². The highest BCUT2D eigenvalue weighted by Crippen LogP contribution is 2.45. The maximum atomic E-state index is 13.0. The number of para-hydroxylation sites is 1. The molecule has 4 heterocycles. The van der Waals surface area contributed by atoms with Gasteiger partial charge in [-0.25, -0.2) is 8.42 Å². The molecule has 3 nitrogen and oxygen atoms in total. The van der Waals surface area contributed by atoms with Crippen molar-refractivity contribution < 1.29 is 8.42 Å². The van der Waals surface area contributed by atoms with Crippen LogP contribution in [0.2, 0.25) is 0 Å². The zero-order chi connectivity index (χ0) is 25.9. The predicted molar refractivity (Wildman–Crippen MR) is 161 cm³/mol. The molecule has 0 saturated heterocycles. The van der Waals surface area contributed by atoms with E-state index in [0.29, 0.717) is 9.79 Å². The average molecular weight is 538 g/mol. The largest absolute Gasteiger partial charge is 0.300 e. The fourth-order valence-electron chi connectivity index (χ4n) is 6.41. The second-order valence-corrected chi connectivity index (χ2v) is 13.0. The fourth-order valence-corrected chi connectivity index (χ4v) is 9.01. The van der Waals surface area contributed by atoms with Gasteiger partial charge in [0.2, 0.25) is 9.84 Å². The number of aromatic nitrogens is 1. The molecule has 9 rings (SSSR count). The van der Waals surface area contributed by atoms with Crippen molar-refractivity contribution in [2.45, 2.75) is 9.79 Å². The quantitative estimate of drug-likeness (QED) is 0.221. The van der Waals surface area contributed by atoms with Crippen LogP contribution in [0.3, 0.4) is 0 Å². The SMILES string of the molecule is O=S1(=O)c2ccccc2-c2cc(-c3ccc(-c4cc5c6ccccc6n6c7sccc7c(c4)c56)cc3)ccc21. The van der Waals surface area contributed by atoms with Crippen molar-refractivity contribution in [2.24, 2.45) is 0 Å². The lowest BCUT2D eigenvalue weighted by Crippen LogP contribution is -1.96. The lowest BCUT2D eigenvalue weighted by Gasteiger charge is -2.08. The molecule has 0 N–H and O–H groups in total. The summed E-state index contributed by atoms with van der Waals surface area (Å²) in [7, 11) is -3.46. The molecule has 5 heteroatoms. The molecular weight excluding hydrogens is 519 g/mol. The summed E-state index contributed by atoms with van der Waals surface area (Å²) in [6.45, 7) is 0. The van der Waals surface area contributed by atoms with Crippen LogP contribution in [0.15, 0.2) is 124 Å². The minimum absolute atomic E-state index is 0.391. The van der Waals surface area contributed by atoms with E-state index in [9.17, 15) is 8.42 Å². The standard InChI is InChI=1S/C34H19NO2S2/c36-39(37)31-8-4-2-6-25(31)27-17-22(13-14-32(27)39)20-9-11-21(12-10-20)23-18-28-24-5-1-3-7-30(24)35-33(28)29(19-23)26-15-16-38-34(26)35/h1-19H. The third-order valence-corrected chi connectivity index (χ3v) is 11.0. The van der Waals surface area contributed by atoms with E-state index in [4.69, 9.17) is 0 Å². The van der Waals surface area contributed by atoms with E-state index < -0.39 is 9.84 Å². The van der Waals surface area contributed by atoms with Crippen LogP contribution in [-0.4, -0.2) is 12.8 Å². The van der Waals surface area contributed by atoms with Crippen molar-refractivity contribution >= 4 is 58.6 Å². The Morgan fingerprint density at radius 2 is 1.21 bits per heavy atom. The van der Waals surface area contributed by atoms with Gasteiger partial charge in [0.15, 0.2) is 0 Å². The highest BCUT2D eigenvalue weighted by molar-refractivity contribution is 7.92. The average Bonchev–Trinajstić information content (AvgIpc) is 3.71. The number of thiophene rings is 1. The molecule has 0 aliphatic carbocycles. The Balaban J connectivity index is 1.19. The number of hydrogen-bond acceptors (Lipinski definition) is 3. The molecule has 0 amide bonds. The number of hydrogen-bond donors (Lipinski definition) is 0. The van der Waals surface area contributed by atoms with Crippen LogP contribution in [0.5, 0.6) is 0 Å². The van der Waals surface area contributed by atoms with Gasteiger partial charge >= 0.3 is 0 Å². The van der Waals surface area contributed by atoms with Crippen molar-refractivity contribution in [1.82, 2.24) is 4.40 Å². The highest BCUT2D eigenvalue weighted by Gasteiger charge is 2.32. The van der Waals surface area contributed by atoms with Gasteiger partial charge < -0.3 is 0 Å². The summed E-state index contributed by atoms with van der Waals surface area (Å²) in [5.41, 5.74) is 8.53. The maximum Gasteiger partial charge on any atom is 0.207 e. The summed E-state index contributed by atoms with van der Waals surface area (Å²) in [5.74, 6) is 0. The molecule has 3 aromatic heterocycles. The molecule has 0 fully saturated rings. The van der Waals surface area contributed by atoms with Gasteiger partial charge in [-0.3, -0.25) is 4.40 Å². The van der Waals surface area contributed by atoms with Gasteiger partial charge in [0, 0.05) is 32.7 Å². The molecule has 1 aliphatic rings. The van der Waals surface area contributed by atoms with Crippen molar-refractivity contribution in [2.75, 3.05) is 0 Å². The smallest absolute Gasteiger partial charge is 0.207 e. The Morgan fingerprint density at radius 3 is 2.05 bits per heavy atom. The fraction of sp³-hybridized carbons (Fsp3) is 0. The van der Waals surface area contributed by atoms with E-state index in [2.05, 4.69) is 76.5 Å². The van der Waals surface area contributed by atoms with Gasteiger partial charge in [-0.1, -0.05) is 66.7 Å². The number of nitrogens with zero attached hydrogens (tertiary/aromatic N) is 1. The Kier molecular flexibility index (Phi) is 4.05. The summed E-state index contributed by atoms with van der Waals surface area (Å²) in [6, 6.07) is 37.1. The molecule has 8 aromatic rings. The zero-order valence-corrected chi connectivity index (χ0v) is 22.2. The molecule has 39 heavy (non-hydrogen) atoms. The van der Waals surface area contributed by atoms with E-state index in [1.807, 2.05) is 24.3 Å². The number of fused-ring (bicyclic) bond motifs is 9. The second-order valence-electron chi connectivity index (χ2n) is 10.2. The first-order valence-corrected chi connectivity index (χ1v) is 15.2. The normalized spacial score (nSPS) is 14.1. The summed E-state index contributed by atoms with van der Waals surface area (Å²) in [4.78, 5) is 2.08. The summed E-state index contributed by atoms with van der Waals surface area (Å²) in [6.07, 6.45) is 0. The third kappa shape index (κ3) is 2.73. The highest BCUT2D eigenvalue weighted by atomic mass is 32.2. The monoisotopic (exact) mass is 537 g/mol. The lowest BCUT2D eigenvalue weighted by molar-refractivity contribution is 0.598. The first-order chi connectivity index (χ1) is 19.1. The van der Waals surface area contributed by atoms with Crippen LogP contribution >= 0.6 is 11.3 Å². The molecule has 1 aliphatic heterocycles. The first kappa shape index (κ1) is 21.5. The van der Waals surface area contributed by atoms with Gasteiger partial charge in [-0.05, 0) is 70.1 Å². The Labute approximate surface area is 228 Å². The Bertz CT molecular complexity index is 2390. The lowest BCUT2D eigenvalue weighted by atomic mass is 9.96. The molecule has 5 aromatic carbocycles. The van der Waals surface area contributed by atoms with Crippen molar-refractivity contribution in [1.29, 1.82) is 0 Å². The Hall–Kier alpha value is -4.45. The van der Waals surface area contributed by atoms with E-state index in [1.165, 1.54) is 43.0 Å².